The van der Waals surface area contributed by atoms with Crippen LogP contribution in [0.3, 0.4) is 0 Å². The number of aryl methyl sites for hydroxylation is 2. The monoisotopic (exact) mass is 326 g/mol. The highest BCUT2D eigenvalue weighted by atomic mass is 32.1. The Morgan fingerprint density at radius 3 is 2.43 bits per heavy atom. The van der Waals surface area contributed by atoms with Gasteiger partial charge in [0.05, 0.1) is 5.69 Å². The highest BCUT2D eigenvalue weighted by molar-refractivity contribution is 7.80. The van der Waals surface area contributed by atoms with E-state index in [-0.39, 0.29) is 11.7 Å². The standard InChI is InChI=1S/C18H15FN2OS/c1-11-3-8-15(9-12(11)2)21-17(22)16(20-18(21)23)10-13-4-6-14(19)7-5-13/h3-10H,1-2H3,(H,20,23). The van der Waals surface area contributed by atoms with Gasteiger partial charge in [-0.2, -0.15) is 0 Å². The Balaban J connectivity index is 1.93. The van der Waals surface area contributed by atoms with Gasteiger partial charge in [-0.05, 0) is 73.1 Å². The Bertz CT molecular complexity index is 827. The van der Waals surface area contributed by atoms with Crippen molar-refractivity contribution >= 4 is 35.0 Å². The van der Waals surface area contributed by atoms with Gasteiger partial charge in [0.15, 0.2) is 5.11 Å². The summed E-state index contributed by atoms with van der Waals surface area (Å²) in [6.45, 7) is 4.01. The maximum atomic E-state index is 13.0. The van der Waals surface area contributed by atoms with E-state index in [4.69, 9.17) is 12.2 Å². The van der Waals surface area contributed by atoms with Crippen LogP contribution in [0, 0.1) is 19.7 Å². The first-order valence-electron chi connectivity index (χ1n) is 7.15. The summed E-state index contributed by atoms with van der Waals surface area (Å²) in [6.07, 6.45) is 1.66. The first-order chi connectivity index (χ1) is 11.0. The van der Waals surface area contributed by atoms with Crippen LogP contribution in [0.2, 0.25) is 0 Å². The van der Waals surface area contributed by atoms with Gasteiger partial charge in [0.1, 0.15) is 11.5 Å². The molecule has 0 radical (unpaired) electrons. The number of benzene rings is 2. The van der Waals surface area contributed by atoms with Crippen molar-refractivity contribution in [3.8, 4) is 0 Å². The molecule has 0 aromatic heterocycles. The van der Waals surface area contributed by atoms with Gasteiger partial charge >= 0.3 is 0 Å². The number of anilines is 1. The summed E-state index contributed by atoms with van der Waals surface area (Å²) < 4.78 is 13.0. The number of nitrogens with zero attached hydrogens (tertiary/aromatic N) is 1. The maximum absolute atomic E-state index is 13.0. The molecule has 0 spiro atoms. The Kier molecular flexibility index (Phi) is 3.96. The fourth-order valence-electron chi connectivity index (χ4n) is 2.36. The molecule has 3 rings (SSSR count). The first-order valence-corrected chi connectivity index (χ1v) is 7.56. The molecule has 2 aromatic rings. The molecular formula is C18H15FN2OS. The lowest BCUT2D eigenvalue weighted by Gasteiger charge is -2.15. The SMILES string of the molecule is Cc1ccc(N2C(=O)C(=Cc3ccc(F)cc3)NC2=S)cc1C. The van der Waals surface area contributed by atoms with E-state index in [0.29, 0.717) is 10.8 Å². The van der Waals surface area contributed by atoms with E-state index in [1.165, 1.54) is 17.0 Å². The Labute approximate surface area is 139 Å². The van der Waals surface area contributed by atoms with Crippen molar-refractivity contribution < 1.29 is 9.18 Å². The average Bonchev–Trinajstić information content (AvgIpc) is 2.79. The average molecular weight is 326 g/mol. The summed E-state index contributed by atoms with van der Waals surface area (Å²) in [7, 11) is 0. The van der Waals surface area contributed by atoms with Crippen LogP contribution in [0.1, 0.15) is 16.7 Å². The summed E-state index contributed by atoms with van der Waals surface area (Å²) in [5.41, 5.74) is 4.08. The zero-order valence-electron chi connectivity index (χ0n) is 12.8. The summed E-state index contributed by atoms with van der Waals surface area (Å²) in [6, 6.07) is 11.7. The summed E-state index contributed by atoms with van der Waals surface area (Å²) >= 11 is 5.28. The predicted molar refractivity (Wildman–Crippen MR) is 93.5 cm³/mol. The van der Waals surface area contributed by atoms with Crippen molar-refractivity contribution in [2.75, 3.05) is 4.90 Å². The Morgan fingerprint density at radius 2 is 1.78 bits per heavy atom. The third-order valence-corrected chi connectivity index (χ3v) is 4.09. The van der Waals surface area contributed by atoms with Crippen molar-refractivity contribution in [3.63, 3.8) is 0 Å². The minimum Gasteiger partial charge on any atom is -0.327 e. The third-order valence-electron chi connectivity index (χ3n) is 3.81. The molecule has 116 valence electrons. The quantitative estimate of drug-likeness (QED) is 0.674. The molecule has 5 heteroatoms. The Hall–Kier alpha value is -2.53. The summed E-state index contributed by atoms with van der Waals surface area (Å²) in [5.74, 6) is -0.535. The highest BCUT2D eigenvalue weighted by Gasteiger charge is 2.32. The molecule has 0 atom stereocenters. The van der Waals surface area contributed by atoms with E-state index in [9.17, 15) is 9.18 Å². The van der Waals surface area contributed by atoms with Gasteiger partial charge in [-0.25, -0.2) is 4.39 Å². The van der Waals surface area contributed by atoms with Crippen LogP contribution in [0.4, 0.5) is 10.1 Å². The smallest absolute Gasteiger partial charge is 0.281 e. The second-order valence-electron chi connectivity index (χ2n) is 5.45. The summed E-state index contributed by atoms with van der Waals surface area (Å²) in [4.78, 5) is 14.1. The lowest BCUT2D eigenvalue weighted by molar-refractivity contribution is -0.113. The second-order valence-corrected chi connectivity index (χ2v) is 5.84. The van der Waals surface area contributed by atoms with E-state index in [1.54, 1.807) is 18.2 Å². The number of thiocarbonyl (C=S) groups is 1. The minimum atomic E-state index is -0.315. The number of halogens is 1. The molecule has 0 bridgehead atoms. The molecule has 1 saturated heterocycles. The number of carbonyl (C=O) groups is 1. The van der Waals surface area contributed by atoms with Crippen molar-refractivity contribution in [3.05, 3.63) is 70.7 Å². The molecule has 23 heavy (non-hydrogen) atoms. The van der Waals surface area contributed by atoms with E-state index in [0.717, 1.165) is 22.4 Å². The molecule has 3 nitrogen and oxygen atoms in total. The predicted octanol–water partition coefficient (Wildman–Crippen LogP) is 3.70. The number of hydrogen-bond donors (Lipinski definition) is 1. The molecule has 0 unspecified atom stereocenters. The van der Waals surface area contributed by atoms with Gasteiger partial charge < -0.3 is 5.32 Å². The zero-order valence-corrected chi connectivity index (χ0v) is 13.6. The lowest BCUT2D eigenvalue weighted by Crippen LogP contribution is -2.30. The number of hydrogen-bond acceptors (Lipinski definition) is 2. The van der Waals surface area contributed by atoms with E-state index < -0.39 is 0 Å². The van der Waals surface area contributed by atoms with Crippen LogP contribution in [-0.2, 0) is 4.79 Å². The zero-order chi connectivity index (χ0) is 16.6. The highest BCUT2D eigenvalue weighted by Crippen LogP contribution is 2.24. The number of amides is 1. The molecule has 1 aliphatic heterocycles. The van der Waals surface area contributed by atoms with Crippen LogP contribution in [-0.4, -0.2) is 11.0 Å². The minimum absolute atomic E-state index is 0.220. The largest absolute Gasteiger partial charge is 0.327 e. The topological polar surface area (TPSA) is 32.3 Å². The van der Waals surface area contributed by atoms with E-state index >= 15 is 0 Å². The van der Waals surface area contributed by atoms with Crippen LogP contribution in [0.5, 0.6) is 0 Å². The van der Waals surface area contributed by atoms with Crippen molar-refractivity contribution in [1.82, 2.24) is 5.32 Å². The van der Waals surface area contributed by atoms with Crippen LogP contribution >= 0.6 is 12.2 Å². The first kappa shape index (κ1) is 15.4. The third kappa shape index (κ3) is 3.00. The molecule has 0 saturated carbocycles. The molecule has 0 aliphatic carbocycles. The van der Waals surface area contributed by atoms with E-state index in [1.807, 2.05) is 32.0 Å². The van der Waals surface area contributed by atoms with Crippen LogP contribution in [0.15, 0.2) is 48.2 Å². The number of nitrogens with one attached hydrogen (secondary N) is 1. The molecule has 2 aromatic carbocycles. The van der Waals surface area contributed by atoms with Gasteiger partial charge in [0, 0.05) is 0 Å². The van der Waals surface area contributed by atoms with E-state index in [2.05, 4.69) is 5.32 Å². The van der Waals surface area contributed by atoms with Gasteiger partial charge in [-0.15, -0.1) is 0 Å². The van der Waals surface area contributed by atoms with Crippen molar-refractivity contribution in [2.45, 2.75) is 13.8 Å². The van der Waals surface area contributed by atoms with Gasteiger partial charge in [0.25, 0.3) is 5.91 Å². The van der Waals surface area contributed by atoms with Gasteiger partial charge in [-0.3, -0.25) is 9.69 Å². The molecule has 1 fully saturated rings. The molecule has 1 heterocycles. The Morgan fingerprint density at radius 1 is 1.09 bits per heavy atom. The lowest BCUT2D eigenvalue weighted by atomic mass is 10.1. The number of rotatable bonds is 2. The van der Waals surface area contributed by atoms with Gasteiger partial charge in [0.2, 0.25) is 0 Å². The van der Waals surface area contributed by atoms with Crippen molar-refractivity contribution in [1.29, 1.82) is 0 Å². The van der Waals surface area contributed by atoms with Crippen LogP contribution in [0.25, 0.3) is 6.08 Å². The fourth-order valence-corrected chi connectivity index (χ4v) is 2.66. The maximum Gasteiger partial charge on any atom is 0.281 e. The molecule has 1 aliphatic rings. The fraction of sp³-hybridized carbons (Fsp3) is 0.111. The normalized spacial score (nSPS) is 16.1. The molecule has 1 amide bonds. The number of carbonyl (C=O) groups excluding carboxylic acids is 1. The van der Waals surface area contributed by atoms with Crippen LogP contribution < -0.4 is 10.2 Å². The van der Waals surface area contributed by atoms with Gasteiger partial charge in [-0.1, -0.05) is 18.2 Å². The molecule has 1 N–H and O–H groups in total. The molecular weight excluding hydrogens is 311 g/mol. The van der Waals surface area contributed by atoms with Crippen molar-refractivity contribution in [2.24, 2.45) is 0 Å². The summed E-state index contributed by atoms with van der Waals surface area (Å²) in [5, 5.41) is 3.26. The second kappa shape index (κ2) is 5.93.